The molecule has 21 heavy (non-hydrogen) atoms. The molecule has 0 aromatic carbocycles. The van der Waals surface area contributed by atoms with Gasteiger partial charge in [0.25, 0.3) is 0 Å². The molecule has 1 saturated heterocycles. The Morgan fingerprint density at radius 2 is 1.90 bits per heavy atom. The Bertz CT molecular complexity index is 549. The molecule has 0 bridgehead atoms. The van der Waals surface area contributed by atoms with Crippen LogP contribution in [-0.2, 0) is 4.79 Å². The highest BCUT2D eigenvalue weighted by Gasteiger charge is 2.42. The number of likely N-dealkylation sites (N-methyl/N-ethyl adjacent to an activating group) is 1. The zero-order chi connectivity index (χ0) is 15.8. The summed E-state index contributed by atoms with van der Waals surface area (Å²) in [6.07, 6.45) is -0.0709. The Labute approximate surface area is 129 Å². The standard InChI is InChI=1S/C13H20ClN5O2/c1-8(2)21-12-16-10(14)15-11(17-12)19-7-6-18(5)9(20)13(19,3)4/h8H,6-7H2,1-5H3. The van der Waals surface area contributed by atoms with Gasteiger partial charge >= 0.3 is 6.01 Å². The van der Waals surface area contributed by atoms with Crippen LogP contribution in [0.25, 0.3) is 0 Å². The van der Waals surface area contributed by atoms with Crippen molar-refractivity contribution in [3.8, 4) is 6.01 Å². The number of halogens is 1. The van der Waals surface area contributed by atoms with Crippen molar-refractivity contribution in [2.24, 2.45) is 0 Å². The first-order valence-corrected chi connectivity index (χ1v) is 7.21. The number of piperazine rings is 1. The van der Waals surface area contributed by atoms with Gasteiger partial charge in [-0.05, 0) is 39.3 Å². The first kappa shape index (κ1) is 15.8. The largest absolute Gasteiger partial charge is 0.461 e. The molecule has 1 fully saturated rings. The van der Waals surface area contributed by atoms with E-state index in [1.54, 1.807) is 11.9 Å². The molecule has 0 atom stereocenters. The summed E-state index contributed by atoms with van der Waals surface area (Å²) in [5.74, 6) is 0.369. The topological polar surface area (TPSA) is 71.5 Å². The quantitative estimate of drug-likeness (QED) is 0.839. The minimum Gasteiger partial charge on any atom is -0.461 e. The molecule has 2 rings (SSSR count). The lowest BCUT2D eigenvalue weighted by molar-refractivity contribution is -0.136. The van der Waals surface area contributed by atoms with Gasteiger partial charge in [0.2, 0.25) is 17.1 Å². The average Bonchev–Trinajstić information content (AvgIpc) is 2.34. The third-order valence-corrected chi connectivity index (χ3v) is 3.53. The number of amides is 1. The fraction of sp³-hybridized carbons (Fsp3) is 0.692. The number of nitrogens with zero attached hydrogens (tertiary/aromatic N) is 5. The summed E-state index contributed by atoms with van der Waals surface area (Å²) in [6.45, 7) is 8.65. The van der Waals surface area contributed by atoms with Gasteiger partial charge in [-0.25, -0.2) is 0 Å². The maximum atomic E-state index is 12.3. The van der Waals surface area contributed by atoms with Crippen LogP contribution in [-0.4, -0.2) is 57.5 Å². The summed E-state index contributed by atoms with van der Waals surface area (Å²) in [6, 6.07) is 0.169. The van der Waals surface area contributed by atoms with Crippen LogP contribution in [0.15, 0.2) is 0 Å². The molecule has 1 amide bonds. The molecule has 0 N–H and O–H groups in total. The summed E-state index contributed by atoms with van der Waals surface area (Å²) in [5.41, 5.74) is -0.743. The van der Waals surface area contributed by atoms with E-state index < -0.39 is 5.54 Å². The molecule has 8 heteroatoms. The van der Waals surface area contributed by atoms with Crippen molar-refractivity contribution in [2.45, 2.75) is 39.3 Å². The lowest BCUT2D eigenvalue weighted by atomic mass is 9.98. The normalized spacial score (nSPS) is 18.3. The van der Waals surface area contributed by atoms with Crippen molar-refractivity contribution in [1.82, 2.24) is 19.9 Å². The van der Waals surface area contributed by atoms with Crippen LogP contribution in [0.1, 0.15) is 27.7 Å². The molecule has 1 aromatic heterocycles. The van der Waals surface area contributed by atoms with Gasteiger partial charge in [0.15, 0.2) is 0 Å². The summed E-state index contributed by atoms with van der Waals surface area (Å²) < 4.78 is 5.47. The zero-order valence-electron chi connectivity index (χ0n) is 12.9. The number of carbonyl (C=O) groups is 1. The predicted molar refractivity (Wildman–Crippen MR) is 79.7 cm³/mol. The van der Waals surface area contributed by atoms with Crippen molar-refractivity contribution >= 4 is 23.5 Å². The fourth-order valence-electron chi connectivity index (χ4n) is 2.27. The summed E-state index contributed by atoms with van der Waals surface area (Å²) >= 11 is 5.95. The predicted octanol–water partition coefficient (Wildman–Crippen LogP) is 1.37. The van der Waals surface area contributed by atoms with Crippen molar-refractivity contribution in [3.05, 3.63) is 5.28 Å². The third-order valence-electron chi connectivity index (χ3n) is 3.36. The molecule has 0 aliphatic carbocycles. The lowest BCUT2D eigenvalue weighted by Crippen LogP contribution is -2.62. The molecule has 7 nitrogen and oxygen atoms in total. The molecule has 1 aliphatic rings. The van der Waals surface area contributed by atoms with E-state index in [1.165, 1.54) is 0 Å². The van der Waals surface area contributed by atoms with Crippen molar-refractivity contribution in [2.75, 3.05) is 25.0 Å². The van der Waals surface area contributed by atoms with Gasteiger partial charge in [0, 0.05) is 20.1 Å². The number of anilines is 1. The van der Waals surface area contributed by atoms with Gasteiger partial charge in [-0.2, -0.15) is 15.0 Å². The van der Waals surface area contributed by atoms with Crippen LogP contribution in [0, 0.1) is 0 Å². The average molecular weight is 314 g/mol. The smallest absolute Gasteiger partial charge is 0.322 e. The van der Waals surface area contributed by atoms with E-state index >= 15 is 0 Å². The molecule has 116 valence electrons. The van der Waals surface area contributed by atoms with Gasteiger partial charge in [0.1, 0.15) is 5.54 Å². The maximum Gasteiger partial charge on any atom is 0.322 e. The van der Waals surface area contributed by atoms with Gasteiger partial charge in [-0.1, -0.05) is 0 Å². The molecule has 1 aromatic rings. The number of rotatable bonds is 3. The second kappa shape index (κ2) is 5.63. The fourth-order valence-corrected chi connectivity index (χ4v) is 2.42. The Morgan fingerprint density at radius 1 is 1.24 bits per heavy atom. The van der Waals surface area contributed by atoms with Crippen LogP contribution in [0.3, 0.4) is 0 Å². The summed E-state index contributed by atoms with van der Waals surface area (Å²) in [7, 11) is 1.79. The van der Waals surface area contributed by atoms with Crippen molar-refractivity contribution in [3.63, 3.8) is 0 Å². The highest BCUT2D eigenvalue weighted by molar-refractivity contribution is 6.28. The van der Waals surface area contributed by atoms with Crippen LogP contribution >= 0.6 is 11.6 Å². The molecule has 0 unspecified atom stereocenters. The number of ether oxygens (including phenoxy) is 1. The molecule has 0 radical (unpaired) electrons. The van der Waals surface area contributed by atoms with Gasteiger partial charge < -0.3 is 14.5 Å². The Morgan fingerprint density at radius 3 is 2.52 bits per heavy atom. The van der Waals surface area contributed by atoms with Gasteiger partial charge in [-0.15, -0.1) is 0 Å². The molecule has 2 heterocycles. The van der Waals surface area contributed by atoms with E-state index in [0.717, 1.165) is 0 Å². The molecule has 0 spiro atoms. The molecular formula is C13H20ClN5O2. The van der Waals surface area contributed by atoms with E-state index in [1.807, 2.05) is 32.6 Å². The number of hydrogen-bond acceptors (Lipinski definition) is 6. The molecule has 0 saturated carbocycles. The van der Waals surface area contributed by atoms with Crippen LogP contribution in [0.2, 0.25) is 5.28 Å². The van der Waals surface area contributed by atoms with E-state index in [2.05, 4.69) is 15.0 Å². The number of carbonyl (C=O) groups excluding carboxylic acids is 1. The number of hydrogen-bond donors (Lipinski definition) is 0. The Kier molecular flexibility index (Phi) is 4.22. The highest BCUT2D eigenvalue weighted by atomic mass is 35.5. The first-order chi connectivity index (χ1) is 9.71. The Hall–Kier alpha value is -1.63. The second-order valence-electron chi connectivity index (χ2n) is 5.79. The van der Waals surface area contributed by atoms with E-state index in [4.69, 9.17) is 16.3 Å². The van der Waals surface area contributed by atoms with Crippen molar-refractivity contribution in [1.29, 1.82) is 0 Å². The summed E-state index contributed by atoms with van der Waals surface area (Å²) in [5, 5.41) is 0.0535. The van der Waals surface area contributed by atoms with Gasteiger partial charge in [0.05, 0.1) is 6.10 Å². The molecule has 1 aliphatic heterocycles. The minimum absolute atomic E-state index is 0.0108. The van der Waals surface area contributed by atoms with Crippen LogP contribution < -0.4 is 9.64 Å². The summed E-state index contributed by atoms with van der Waals surface area (Å²) in [4.78, 5) is 28.2. The second-order valence-corrected chi connectivity index (χ2v) is 6.13. The first-order valence-electron chi connectivity index (χ1n) is 6.83. The monoisotopic (exact) mass is 313 g/mol. The van der Waals surface area contributed by atoms with E-state index in [0.29, 0.717) is 19.0 Å². The number of aromatic nitrogens is 3. The van der Waals surface area contributed by atoms with E-state index in [-0.39, 0.29) is 23.3 Å². The van der Waals surface area contributed by atoms with Gasteiger partial charge in [-0.3, -0.25) is 4.79 Å². The maximum absolute atomic E-state index is 12.3. The zero-order valence-corrected chi connectivity index (χ0v) is 13.7. The van der Waals surface area contributed by atoms with Crippen LogP contribution in [0.5, 0.6) is 6.01 Å². The third kappa shape index (κ3) is 3.18. The van der Waals surface area contributed by atoms with Crippen molar-refractivity contribution < 1.29 is 9.53 Å². The van der Waals surface area contributed by atoms with Crippen LogP contribution in [0.4, 0.5) is 5.95 Å². The molecular weight excluding hydrogens is 294 g/mol. The Balaban J connectivity index is 2.37. The highest BCUT2D eigenvalue weighted by Crippen LogP contribution is 2.27. The SMILES string of the molecule is CC(C)Oc1nc(Cl)nc(N2CCN(C)C(=O)C2(C)C)n1. The van der Waals surface area contributed by atoms with E-state index in [9.17, 15) is 4.79 Å². The lowest BCUT2D eigenvalue weighted by Gasteiger charge is -2.44. The minimum atomic E-state index is -0.743.